The van der Waals surface area contributed by atoms with Crippen LogP contribution in [0.2, 0.25) is 5.02 Å². The zero-order chi connectivity index (χ0) is 17.0. The van der Waals surface area contributed by atoms with Gasteiger partial charge in [-0.15, -0.1) is 0 Å². The molecule has 0 radical (unpaired) electrons. The van der Waals surface area contributed by atoms with E-state index in [-0.39, 0.29) is 18.4 Å². The van der Waals surface area contributed by atoms with Gasteiger partial charge in [0.15, 0.2) is 0 Å². The summed E-state index contributed by atoms with van der Waals surface area (Å²) in [6, 6.07) is 7.25. The van der Waals surface area contributed by atoms with E-state index in [0.717, 1.165) is 5.56 Å². The number of hydrogen-bond acceptors (Lipinski definition) is 3. The number of rotatable bonds is 5. The Morgan fingerprint density at radius 1 is 1.35 bits per heavy atom. The molecule has 1 aromatic carbocycles. The van der Waals surface area contributed by atoms with Gasteiger partial charge in [0, 0.05) is 38.8 Å². The van der Waals surface area contributed by atoms with E-state index in [1.807, 2.05) is 12.1 Å². The number of nitrogens with zero attached hydrogens (tertiary/aromatic N) is 2. The maximum atomic E-state index is 12.3. The minimum absolute atomic E-state index is 0.112. The number of amides is 1. The molecule has 1 amide bonds. The molecule has 0 aromatic heterocycles. The molecule has 1 aromatic rings. The Morgan fingerprint density at radius 3 is 2.61 bits per heavy atom. The summed E-state index contributed by atoms with van der Waals surface area (Å²) in [5.41, 5.74) is 0.955. The maximum Gasteiger partial charge on any atom is 0.281 e. The van der Waals surface area contributed by atoms with Crippen molar-refractivity contribution in [1.82, 2.24) is 13.9 Å². The van der Waals surface area contributed by atoms with E-state index in [9.17, 15) is 13.2 Å². The summed E-state index contributed by atoms with van der Waals surface area (Å²) in [6.07, 6.45) is 1.39. The summed E-state index contributed by atoms with van der Waals surface area (Å²) in [6.45, 7) is 1.10. The molecule has 2 rings (SSSR count). The summed E-state index contributed by atoms with van der Waals surface area (Å²) in [5.74, 6) is -0.426. The van der Waals surface area contributed by atoms with Crippen LogP contribution in [0.3, 0.4) is 0 Å². The van der Waals surface area contributed by atoms with Gasteiger partial charge in [-0.05, 0) is 30.5 Å². The molecule has 1 N–H and O–H groups in total. The Labute approximate surface area is 142 Å². The fourth-order valence-corrected chi connectivity index (χ4v) is 3.85. The van der Waals surface area contributed by atoms with Crippen molar-refractivity contribution in [3.8, 4) is 0 Å². The first-order chi connectivity index (χ1) is 10.8. The molecule has 0 aliphatic carbocycles. The predicted octanol–water partition coefficient (Wildman–Crippen LogP) is 1.47. The molecular formula is C15H22ClN3O3S. The lowest BCUT2D eigenvalue weighted by Gasteiger charge is -2.32. The topological polar surface area (TPSA) is 69.7 Å². The van der Waals surface area contributed by atoms with Crippen LogP contribution >= 0.6 is 11.6 Å². The molecule has 1 fully saturated rings. The first kappa shape index (κ1) is 18.2. The van der Waals surface area contributed by atoms with Crippen molar-refractivity contribution in [2.24, 2.45) is 5.92 Å². The average molecular weight is 360 g/mol. The van der Waals surface area contributed by atoms with Gasteiger partial charge in [-0.2, -0.15) is 17.0 Å². The van der Waals surface area contributed by atoms with Crippen molar-refractivity contribution >= 4 is 27.7 Å². The molecule has 0 unspecified atom stereocenters. The molecule has 0 bridgehead atoms. The molecule has 0 saturated carbocycles. The number of benzene rings is 1. The van der Waals surface area contributed by atoms with Gasteiger partial charge in [0.05, 0.1) is 5.92 Å². The van der Waals surface area contributed by atoms with Crippen molar-refractivity contribution in [2.45, 2.75) is 19.4 Å². The summed E-state index contributed by atoms with van der Waals surface area (Å²) in [7, 11) is -0.467. The summed E-state index contributed by atoms with van der Waals surface area (Å²) >= 11 is 5.83. The van der Waals surface area contributed by atoms with Gasteiger partial charge >= 0.3 is 0 Å². The first-order valence-corrected chi connectivity index (χ1v) is 9.28. The number of carbonyl (C=O) groups is 1. The number of hydrogen-bond donors (Lipinski definition) is 1. The van der Waals surface area contributed by atoms with Crippen LogP contribution in [-0.4, -0.2) is 50.1 Å². The van der Waals surface area contributed by atoms with Crippen molar-refractivity contribution in [3.05, 3.63) is 34.9 Å². The smallest absolute Gasteiger partial charge is 0.281 e. The highest BCUT2D eigenvalue weighted by Crippen LogP contribution is 2.20. The normalized spacial score (nSPS) is 19.7. The Kier molecular flexibility index (Phi) is 6.02. The molecular weight excluding hydrogens is 338 g/mol. The molecule has 0 spiro atoms. The largest absolute Gasteiger partial charge is 0.352 e. The number of nitrogens with one attached hydrogen (secondary N) is 1. The second-order valence-electron chi connectivity index (χ2n) is 5.83. The molecule has 1 saturated heterocycles. The third kappa shape index (κ3) is 4.67. The Hall–Kier alpha value is -1.15. The lowest BCUT2D eigenvalue weighted by Crippen LogP contribution is -2.48. The van der Waals surface area contributed by atoms with Crippen molar-refractivity contribution in [3.63, 3.8) is 0 Å². The molecule has 1 aliphatic heterocycles. The molecule has 1 aliphatic rings. The summed E-state index contributed by atoms with van der Waals surface area (Å²) in [4.78, 5) is 12.3. The third-order valence-corrected chi connectivity index (χ3v) is 6.08. The SMILES string of the molecule is CN(C)S(=O)(=O)N1CCC[C@H](C(=O)NCc2ccc(Cl)cc2)C1. The van der Waals surface area contributed by atoms with Gasteiger partial charge < -0.3 is 5.32 Å². The minimum Gasteiger partial charge on any atom is -0.352 e. The monoisotopic (exact) mass is 359 g/mol. The number of halogens is 1. The van der Waals surface area contributed by atoms with Crippen molar-refractivity contribution in [2.75, 3.05) is 27.2 Å². The first-order valence-electron chi connectivity index (χ1n) is 7.50. The Bertz CT molecular complexity index is 646. The van der Waals surface area contributed by atoms with Crippen LogP contribution in [0.1, 0.15) is 18.4 Å². The van der Waals surface area contributed by atoms with E-state index >= 15 is 0 Å². The van der Waals surface area contributed by atoms with E-state index < -0.39 is 10.2 Å². The molecule has 23 heavy (non-hydrogen) atoms. The van der Waals surface area contributed by atoms with Crippen LogP contribution in [0.25, 0.3) is 0 Å². The molecule has 128 valence electrons. The van der Waals surface area contributed by atoms with Crippen LogP contribution in [0.5, 0.6) is 0 Å². The lowest BCUT2D eigenvalue weighted by molar-refractivity contribution is -0.126. The van der Waals surface area contributed by atoms with E-state index in [1.54, 1.807) is 12.1 Å². The molecule has 6 nitrogen and oxygen atoms in total. The van der Waals surface area contributed by atoms with Gasteiger partial charge in [0.2, 0.25) is 5.91 Å². The van der Waals surface area contributed by atoms with Gasteiger partial charge in [-0.1, -0.05) is 23.7 Å². The predicted molar refractivity (Wildman–Crippen MR) is 90.2 cm³/mol. The van der Waals surface area contributed by atoms with Crippen LogP contribution in [0.15, 0.2) is 24.3 Å². The Balaban J connectivity index is 1.93. The minimum atomic E-state index is -3.47. The fraction of sp³-hybridized carbons (Fsp3) is 0.533. The van der Waals surface area contributed by atoms with Crippen molar-refractivity contribution in [1.29, 1.82) is 0 Å². The van der Waals surface area contributed by atoms with Gasteiger partial charge in [-0.25, -0.2) is 0 Å². The third-order valence-electron chi connectivity index (χ3n) is 3.92. The molecule has 1 heterocycles. The van der Waals surface area contributed by atoms with Gasteiger partial charge in [0.25, 0.3) is 10.2 Å². The maximum absolute atomic E-state index is 12.3. The quantitative estimate of drug-likeness (QED) is 0.865. The summed E-state index contributed by atoms with van der Waals surface area (Å²) < 4.78 is 26.9. The van der Waals surface area contributed by atoms with E-state index in [4.69, 9.17) is 11.6 Å². The van der Waals surface area contributed by atoms with Crippen LogP contribution in [0, 0.1) is 5.92 Å². The summed E-state index contributed by atoms with van der Waals surface area (Å²) in [5, 5.41) is 3.52. The molecule has 1 atom stereocenters. The zero-order valence-corrected chi connectivity index (χ0v) is 14.9. The number of carbonyl (C=O) groups excluding carboxylic acids is 1. The highest BCUT2D eigenvalue weighted by Gasteiger charge is 2.33. The van der Waals surface area contributed by atoms with E-state index in [0.29, 0.717) is 31.0 Å². The standard InChI is InChI=1S/C15H22ClN3O3S/c1-18(2)23(21,22)19-9-3-4-13(11-19)15(20)17-10-12-5-7-14(16)8-6-12/h5-8,13H,3-4,9-11H2,1-2H3,(H,17,20)/t13-/m0/s1. The van der Waals surface area contributed by atoms with E-state index in [1.165, 1.54) is 22.7 Å². The van der Waals surface area contributed by atoms with Crippen LogP contribution in [0.4, 0.5) is 0 Å². The Morgan fingerprint density at radius 2 is 2.00 bits per heavy atom. The van der Waals surface area contributed by atoms with Gasteiger partial charge in [-0.3, -0.25) is 4.79 Å². The van der Waals surface area contributed by atoms with Crippen LogP contribution < -0.4 is 5.32 Å². The number of piperidine rings is 1. The lowest BCUT2D eigenvalue weighted by atomic mass is 9.99. The second kappa shape index (κ2) is 7.61. The van der Waals surface area contributed by atoms with E-state index in [2.05, 4.69) is 5.32 Å². The highest BCUT2D eigenvalue weighted by atomic mass is 35.5. The van der Waals surface area contributed by atoms with Crippen LogP contribution in [-0.2, 0) is 21.5 Å². The molecule has 8 heteroatoms. The zero-order valence-electron chi connectivity index (χ0n) is 13.3. The van der Waals surface area contributed by atoms with Gasteiger partial charge in [0.1, 0.15) is 0 Å². The highest BCUT2D eigenvalue weighted by molar-refractivity contribution is 7.86. The fourth-order valence-electron chi connectivity index (χ4n) is 2.53. The second-order valence-corrected chi connectivity index (χ2v) is 8.41. The van der Waals surface area contributed by atoms with Crippen molar-refractivity contribution < 1.29 is 13.2 Å². The average Bonchev–Trinajstić information content (AvgIpc) is 2.54.